The van der Waals surface area contributed by atoms with Crippen LogP contribution >= 0.6 is 15.9 Å². The first kappa shape index (κ1) is 21.5. The number of H-pyrrole nitrogens is 1. The predicted molar refractivity (Wildman–Crippen MR) is 124 cm³/mol. The Balaban J connectivity index is 1.57. The minimum Gasteiger partial charge on any atom is -0.488 e. The third-order valence-electron chi connectivity index (χ3n) is 5.23. The van der Waals surface area contributed by atoms with E-state index in [-0.39, 0.29) is 23.8 Å². The van der Waals surface area contributed by atoms with E-state index < -0.39 is 10.8 Å². The number of aromatic nitrogens is 1. The maximum absolute atomic E-state index is 11.4. The van der Waals surface area contributed by atoms with E-state index in [0.717, 1.165) is 27.6 Å². The van der Waals surface area contributed by atoms with Crippen molar-refractivity contribution in [2.45, 2.75) is 12.5 Å². The molecule has 0 bridgehead atoms. The van der Waals surface area contributed by atoms with Crippen LogP contribution in [0.3, 0.4) is 0 Å². The quantitative estimate of drug-likeness (QED) is 0.244. The summed E-state index contributed by atoms with van der Waals surface area (Å²) in [5.74, 6) is 0.145. The molecular weight excluding hydrogens is 478 g/mol. The number of fused-ring (bicyclic) bond motifs is 1. The number of hydrogen-bond donors (Lipinski definition) is 1. The number of halogens is 1. The molecule has 4 rings (SSSR count). The summed E-state index contributed by atoms with van der Waals surface area (Å²) in [4.78, 5) is 24.6. The molecule has 0 unspecified atom stereocenters. The highest BCUT2D eigenvalue weighted by Crippen LogP contribution is 2.35. The Labute approximate surface area is 191 Å². The molecule has 162 valence electrons. The van der Waals surface area contributed by atoms with Crippen molar-refractivity contribution in [3.8, 4) is 5.75 Å². The molecule has 1 N–H and O–H groups in total. The molecule has 4 aromatic rings. The van der Waals surface area contributed by atoms with Crippen LogP contribution in [-0.4, -0.2) is 21.4 Å². The van der Waals surface area contributed by atoms with Crippen LogP contribution in [0.4, 0.5) is 5.69 Å². The third kappa shape index (κ3) is 4.62. The van der Waals surface area contributed by atoms with Crippen molar-refractivity contribution < 1.29 is 14.6 Å². The van der Waals surface area contributed by atoms with E-state index in [1.165, 1.54) is 12.1 Å². The zero-order valence-corrected chi connectivity index (χ0v) is 18.3. The second-order valence-corrected chi connectivity index (χ2v) is 8.11. The van der Waals surface area contributed by atoms with Gasteiger partial charge in [0.2, 0.25) is 6.54 Å². The van der Waals surface area contributed by atoms with Crippen LogP contribution in [0.1, 0.15) is 22.6 Å². The van der Waals surface area contributed by atoms with Gasteiger partial charge < -0.3 is 9.72 Å². The first-order valence-electron chi connectivity index (χ1n) is 9.76. The third-order valence-corrected chi connectivity index (χ3v) is 5.85. The highest BCUT2D eigenvalue weighted by Gasteiger charge is 2.24. The normalized spacial score (nSPS) is 11.9. The smallest absolute Gasteiger partial charge is 0.269 e. The van der Waals surface area contributed by atoms with Crippen LogP contribution in [0, 0.1) is 20.2 Å². The van der Waals surface area contributed by atoms with Crippen molar-refractivity contribution in [3.63, 3.8) is 0 Å². The number of aromatic amines is 1. The van der Waals surface area contributed by atoms with Crippen LogP contribution in [-0.2, 0) is 6.61 Å². The van der Waals surface area contributed by atoms with E-state index in [9.17, 15) is 20.2 Å². The molecule has 0 fully saturated rings. The topological polar surface area (TPSA) is 111 Å². The van der Waals surface area contributed by atoms with Gasteiger partial charge >= 0.3 is 0 Å². The number of benzene rings is 3. The van der Waals surface area contributed by atoms with E-state index in [1.807, 2.05) is 42.6 Å². The molecule has 0 aliphatic carbocycles. The summed E-state index contributed by atoms with van der Waals surface area (Å²) in [5, 5.41) is 23.1. The van der Waals surface area contributed by atoms with Crippen molar-refractivity contribution in [2.24, 2.45) is 0 Å². The molecule has 0 amide bonds. The van der Waals surface area contributed by atoms with Crippen molar-refractivity contribution in [3.05, 3.63) is 114 Å². The van der Waals surface area contributed by atoms with Gasteiger partial charge in [-0.25, -0.2) is 0 Å². The van der Waals surface area contributed by atoms with E-state index >= 15 is 0 Å². The molecule has 1 atom stereocenters. The Kier molecular flexibility index (Phi) is 6.18. The van der Waals surface area contributed by atoms with Gasteiger partial charge in [-0.15, -0.1) is 0 Å². The Hall–Kier alpha value is -3.72. The lowest BCUT2D eigenvalue weighted by Gasteiger charge is -2.15. The average Bonchev–Trinajstić information content (AvgIpc) is 3.21. The molecule has 1 heterocycles. The minimum absolute atomic E-state index is 0.0217. The number of rotatable bonds is 8. The van der Waals surface area contributed by atoms with Gasteiger partial charge in [-0.1, -0.05) is 24.3 Å². The van der Waals surface area contributed by atoms with Crippen LogP contribution in [0.15, 0.2) is 77.4 Å². The molecule has 9 heteroatoms. The van der Waals surface area contributed by atoms with E-state index in [0.29, 0.717) is 10.2 Å². The zero-order chi connectivity index (χ0) is 22.7. The average molecular weight is 496 g/mol. The largest absolute Gasteiger partial charge is 0.488 e. The summed E-state index contributed by atoms with van der Waals surface area (Å²) in [7, 11) is 0. The predicted octanol–water partition coefficient (Wildman–Crippen LogP) is 5.83. The van der Waals surface area contributed by atoms with Crippen LogP contribution in [0.5, 0.6) is 5.75 Å². The Bertz CT molecular complexity index is 1290. The van der Waals surface area contributed by atoms with Gasteiger partial charge in [-0.05, 0) is 63.0 Å². The fourth-order valence-electron chi connectivity index (χ4n) is 3.64. The van der Waals surface area contributed by atoms with Crippen LogP contribution in [0.2, 0.25) is 0 Å². The summed E-state index contributed by atoms with van der Waals surface area (Å²) in [6.07, 6.45) is 1.83. The number of para-hydroxylation sites is 1. The second-order valence-electron chi connectivity index (χ2n) is 7.26. The molecule has 32 heavy (non-hydrogen) atoms. The lowest BCUT2D eigenvalue weighted by atomic mass is 9.91. The van der Waals surface area contributed by atoms with Crippen LogP contribution < -0.4 is 4.74 Å². The summed E-state index contributed by atoms with van der Waals surface area (Å²) in [6, 6.07) is 19.3. The minimum atomic E-state index is -0.449. The molecule has 1 aromatic heterocycles. The zero-order valence-electron chi connectivity index (χ0n) is 16.7. The summed E-state index contributed by atoms with van der Waals surface area (Å²) >= 11 is 3.51. The van der Waals surface area contributed by atoms with Crippen molar-refractivity contribution in [1.29, 1.82) is 0 Å². The van der Waals surface area contributed by atoms with Gasteiger partial charge in [0.1, 0.15) is 12.4 Å². The monoisotopic (exact) mass is 495 g/mol. The van der Waals surface area contributed by atoms with Gasteiger partial charge in [0, 0.05) is 34.2 Å². The maximum Gasteiger partial charge on any atom is 0.269 e. The molecule has 0 saturated heterocycles. The molecular formula is C23H18BrN3O5. The molecule has 0 radical (unpaired) electrons. The number of nitro benzene ring substituents is 1. The highest BCUT2D eigenvalue weighted by molar-refractivity contribution is 9.10. The molecule has 0 spiro atoms. The van der Waals surface area contributed by atoms with Gasteiger partial charge in [-0.2, -0.15) is 0 Å². The van der Waals surface area contributed by atoms with Gasteiger partial charge in [-0.3, -0.25) is 20.2 Å². The Morgan fingerprint density at radius 3 is 2.44 bits per heavy atom. The fraction of sp³-hybridized carbons (Fsp3) is 0.130. The van der Waals surface area contributed by atoms with Gasteiger partial charge in [0.05, 0.1) is 15.3 Å². The first-order chi connectivity index (χ1) is 15.4. The Morgan fingerprint density at radius 2 is 1.75 bits per heavy atom. The lowest BCUT2D eigenvalue weighted by Crippen LogP contribution is -2.14. The Morgan fingerprint density at radius 1 is 1.00 bits per heavy atom. The number of non-ortho nitro benzene ring substituents is 1. The SMILES string of the molecule is O=[N+]([O-])C[C@@H](c1ccc(OCc2ccc([N+](=O)[O-])cc2)c(Br)c1)c1c[nH]c2ccccc12. The van der Waals surface area contributed by atoms with Crippen molar-refractivity contribution in [2.75, 3.05) is 6.54 Å². The fourth-order valence-corrected chi connectivity index (χ4v) is 4.15. The van der Waals surface area contributed by atoms with Gasteiger partial charge in [0.25, 0.3) is 5.69 Å². The number of hydrogen-bond acceptors (Lipinski definition) is 5. The number of nitro groups is 2. The van der Waals surface area contributed by atoms with E-state index in [1.54, 1.807) is 18.2 Å². The summed E-state index contributed by atoms with van der Waals surface area (Å²) < 4.78 is 6.51. The number of nitrogens with zero attached hydrogens (tertiary/aromatic N) is 2. The summed E-state index contributed by atoms with van der Waals surface area (Å²) in [6.45, 7) is -0.00595. The van der Waals surface area contributed by atoms with E-state index in [2.05, 4.69) is 20.9 Å². The second kappa shape index (κ2) is 9.19. The standard InChI is InChI=1S/C23H18BrN3O5/c24-21-11-16(7-10-23(21)32-14-15-5-8-17(9-6-15)27(30)31)20(13-26(28)29)19-12-25-22-4-2-1-3-18(19)22/h1-12,20,25H,13-14H2/t20-/m0/s1. The lowest BCUT2D eigenvalue weighted by molar-refractivity contribution is -0.481. The van der Waals surface area contributed by atoms with Crippen molar-refractivity contribution >= 4 is 32.5 Å². The number of ether oxygens (including phenoxy) is 1. The first-order valence-corrected chi connectivity index (χ1v) is 10.5. The summed E-state index contributed by atoms with van der Waals surface area (Å²) in [5.41, 5.74) is 3.40. The van der Waals surface area contributed by atoms with E-state index in [4.69, 9.17) is 4.74 Å². The maximum atomic E-state index is 11.4. The highest BCUT2D eigenvalue weighted by atomic mass is 79.9. The molecule has 3 aromatic carbocycles. The number of nitrogens with one attached hydrogen (secondary N) is 1. The van der Waals surface area contributed by atoms with Crippen molar-refractivity contribution in [1.82, 2.24) is 4.98 Å². The molecule has 0 saturated carbocycles. The van der Waals surface area contributed by atoms with Gasteiger partial charge in [0.15, 0.2) is 0 Å². The molecule has 8 nitrogen and oxygen atoms in total. The molecule has 0 aliphatic heterocycles. The van der Waals surface area contributed by atoms with Crippen LogP contribution in [0.25, 0.3) is 10.9 Å². The molecule has 0 aliphatic rings.